The Labute approximate surface area is 138 Å². The molecule has 2 heterocycles. The fraction of sp³-hybridized carbons (Fsp3) is 0.667. The largest absolute Gasteiger partial charge is 0.491 e. The maximum absolute atomic E-state index is 10.5. The van der Waals surface area contributed by atoms with Crippen molar-refractivity contribution >= 4 is 0 Å². The number of aliphatic hydroxyl groups excluding tert-OH is 1. The smallest absolute Gasteiger partial charge is 0.119 e. The van der Waals surface area contributed by atoms with Gasteiger partial charge < -0.3 is 19.9 Å². The summed E-state index contributed by atoms with van der Waals surface area (Å²) in [7, 11) is 0. The Bertz CT molecular complexity index is 463. The van der Waals surface area contributed by atoms with Crippen LogP contribution < -0.4 is 10.1 Å². The first-order valence-corrected chi connectivity index (χ1v) is 8.68. The van der Waals surface area contributed by atoms with Crippen molar-refractivity contribution in [2.24, 2.45) is 0 Å². The van der Waals surface area contributed by atoms with Crippen LogP contribution in [0.15, 0.2) is 30.3 Å². The van der Waals surface area contributed by atoms with Gasteiger partial charge in [0.25, 0.3) is 0 Å². The van der Waals surface area contributed by atoms with Gasteiger partial charge in [0.2, 0.25) is 0 Å². The average molecular weight is 320 g/mol. The second kappa shape index (κ2) is 8.11. The molecule has 2 saturated heterocycles. The van der Waals surface area contributed by atoms with Crippen molar-refractivity contribution in [3.8, 4) is 5.75 Å². The number of rotatable bonds is 5. The number of benzene rings is 1. The summed E-state index contributed by atoms with van der Waals surface area (Å²) in [5, 5.41) is 13.9. The van der Waals surface area contributed by atoms with Crippen LogP contribution in [0.2, 0.25) is 0 Å². The minimum absolute atomic E-state index is 0.176. The van der Waals surface area contributed by atoms with Gasteiger partial charge in [-0.2, -0.15) is 0 Å². The van der Waals surface area contributed by atoms with Gasteiger partial charge in [0.1, 0.15) is 18.5 Å². The summed E-state index contributed by atoms with van der Waals surface area (Å²) in [5.74, 6) is 0.810. The van der Waals surface area contributed by atoms with Crippen LogP contribution >= 0.6 is 0 Å². The van der Waals surface area contributed by atoms with E-state index in [4.69, 9.17) is 9.47 Å². The second-order valence-electron chi connectivity index (χ2n) is 6.56. The highest BCUT2D eigenvalue weighted by atomic mass is 16.5. The molecule has 2 aliphatic heterocycles. The summed E-state index contributed by atoms with van der Waals surface area (Å²) in [6.45, 7) is 5.65. The summed E-state index contributed by atoms with van der Waals surface area (Å²) >= 11 is 0. The Kier molecular flexibility index (Phi) is 5.89. The Morgan fingerprint density at radius 3 is 2.74 bits per heavy atom. The lowest BCUT2D eigenvalue weighted by Crippen LogP contribution is -2.55. The van der Waals surface area contributed by atoms with Crippen molar-refractivity contribution in [1.29, 1.82) is 0 Å². The van der Waals surface area contributed by atoms with Gasteiger partial charge in [-0.3, -0.25) is 4.90 Å². The van der Waals surface area contributed by atoms with E-state index in [2.05, 4.69) is 10.2 Å². The van der Waals surface area contributed by atoms with Crippen LogP contribution in [0.1, 0.15) is 19.3 Å². The summed E-state index contributed by atoms with van der Waals surface area (Å²) in [6.07, 6.45) is 2.76. The molecule has 0 aromatic heterocycles. The van der Waals surface area contributed by atoms with E-state index in [1.54, 1.807) is 0 Å². The second-order valence-corrected chi connectivity index (χ2v) is 6.56. The fourth-order valence-corrected chi connectivity index (χ4v) is 3.67. The third-order valence-corrected chi connectivity index (χ3v) is 5.04. The Morgan fingerprint density at radius 2 is 1.96 bits per heavy atom. The number of ether oxygens (including phenoxy) is 2. The van der Waals surface area contributed by atoms with Crippen molar-refractivity contribution in [3.05, 3.63) is 30.3 Å². The minimum Gasteiger partial charge on any atom is -0.491 e. The summed E-state index contributed by atoms with van der Waals surface area (Å²) < 4.78 is 11.3. The highest BCUT2D eigenvalue weighted by Crippen LogP contribution is 2.32. The lowest BCUT2D eigenvalue weighted by molar-refractivity contribution is -0.0473. The molecule has 1 aromatic rings. The van der Waals surface area contributed by atoms with E-state index < -0.39 is 6.10 Å². The van der Waals surface area contributed by atoms with E-state index in [1.165, 1.54) is 0 Å². The highest BCUT2D eigenvalue weighted by molar-refractivity contribution is 5.20. The zero-order chi connectivity index (χ0) is 16.0. The van der Waals surface area contributed by atoms with Crippen LogP contribution in [0, 0.1) is 0 Å². The van der Waals surface area contributed by atoms with Crippen molar-refractivity contribution in [3.63, 3.8) is 0 Å². The minimum atomic E-state index is -0.479. The standard InChI is InChI=1S/C18H28N2O3/c21-16(15-23-17-4-2-1-3-5-17)14-20-11-10-19-9-6-18(20)7-12-22-13-8-18/h1-5,16,19,21H,6-15H2. The van der Waals surface area contributed by atoms with Crippen LogP contribution in [0.3, 0.4) is 0 Å². The molecule has 5 heteroatoms. The molecular formula is C18H28N2O3. The Balaban J connectivity index is 1.57. The molecular weight excluding hydrogens is 292 g/mol. The number of hydrogen-bond donors (Lipinski definition) is 2. The van der Waals surface area contributed by atoms with Crippen LogP contribution in [0.4, 0.5) is 0 Å². The van der Waals surface area contributed by atoms with E-state index in [1.807, 2.05) is 30.3 Å². The predicted octanol–water partition coefficient (Wildman–Crippen LogP) is 1.27. The molecule has 23 heavy (non-hydrogen) atoms. The van der Waals surface area contributed by atoms with Gasteiger partial charge in [-0.05, 0) is 37.9 Å². The van der Waals surface area contributed by atoms with Crippen molar-refractivity contribution in [1.82, 2.24) is 10.2 Å². The molecule has 1 unspecified atom stereocenters. The molecule has 1 aromatic carbocycles. The summed E-state index contributed by atoms with van der Waals surface area (Å²) in [4.78, 5) is 2.47. The molecule has 0 aliphatic carbocycles. The molecule has 1 spiro atoms. The molecule has 5 nitrogen and oxygen atoms in total. The van der Waals surface area contributed by atoms with E-state index in [9.17, 15) is 5.11 Å². The van der Waals surface area contributed by atoms with Gasteiger partial charge in [-0.25, -0.2) is 0 Å². The van der Waals surface area contributed by atoms with Crippen molar-refractivity contribution in [2.45, 2.75) is 30.9 Å². The Hall–Kier alpha value is -1.14. The first-order valence-electron chi connectivity index (χ1n) is 8.68. The number of nitrogens with one attached hydrogen (secondary N) is 1. The van der Waals surface area contributed by atoms with E-state index in [0.29, 0.717) is 13.2 Å². The number of nitrogens with zero attached hydrogens (tertiary/aromatic N) is 1. The number of para-hydroxylation sites is 1. The number of hydrogen-bond acceptors (Lipinski definition) is 5. The number of aliphatic hydroxyl groups is 1. The van der Waals surface area contributed by atoms with Crippen molar-refractivity contribution < 1.29 is 14.6 Å². The molecule has 0 radical (unpaired) electrons. The lowest BCUT2D eigenvalue weighted by atomic mass is 9.84. The van der Waals surface area contributed by atoms with Crippen LogP contribution in [-0.2, 0) is 4.74 Å². The SMILES string of the molecule is OC(COc1ccccc1)CN1CCNCCC12CCOCC2. The first-order chi connectivity index (χ1) is 11.3. The zero-order valence-corrected chi connectivity index (χ0v) is 13.7. The molecule has 2 N–H and O–H groups in total. The molecule has 1 atom stereocenters. The monoisotopic (exact) mass is 320 g/mol. The topological polar surface area (TPSA) is 54.0 Å². The lowest BCUT2D eigenvalue weighted by Gasteiger charge is -2.46. The van der Waals surface area contributed by atoms with E-state index >= 15 is 0 Å². The van der Waals surface area contributed by atoms with Gasteiger partial charge in [-0.15, -0.1) is 0 Å². The van der Waals surface area contributed by atoms with Gasteiger partial charge >= 0.3 is 0 Å². The van der Waals surface area contributed by atoms with Gasteiger partial charge in [-0.1, -0.05) is 18.2 Å². The quantitative estimate of drug-likeness (QED) is 0.856. The molecule has 0 amide bonds. The third kappa shape index (κ3) is 4.44. The van der Waals surface area contributed by atoms with Gasteiger partial charge in [0.15, 0.2) is 0 Å². The molecule has 128 valence electrons. The van der Waals surface area contributed by atoms with E-state index in [0.717, 1.165) is 57.9 Å². The van der Waals surface area contributed by atoms with E-state index in [-0.39, 0.29) is 5.54 Å². The zero-order valence-electron chi connectivity index (χ0n) is 13.7. The van der Waals surface area contributed by atoms with Gasteiger partial charge in [0.05, 0.1) is 0 Å². The molecule has 2 aliphatic rings. The highest BCUT2D eigenvalue weighted by Gasteiger charge is 2.39. The van der Waals surface area contributed by atoms with Crippen LogP contribution in [0.5, 0.6) is 5.75 Å². The molecule has 2 fully saturated rings. The fourth-order valence-electron chi connectivity index (χ4n) is 3.67. The third-order valence-electron chi connectivity index (χ3n) is 5.04. The summed E-state index contributed by atoms with van der Waals surface area (Å²) in [6, 6.07) is 9.69. The molecule has 0 bridgehead atoms. The van der Waals surface area contributed by atoms with Crippen LogP contribution in [-0.4, -0.2) is 67.6 Å². The molecule has 3 rings (SSSR count). The van der Waals surface area contributed by atoms with Gasteiger partial charge in [0, 0.05) is 38.4 Å². The molecule has 0 saturated carbocycles. The Morgan fingerprint density at radius 1 is 1.17 bits per heavy atom. The van der Waals surface area contributed by atoms with Crippen LogP contribution in [0.25, 0.3) is 0 Å². The van der Waals surface area contributed by atoms with Crippen molar-refractivity contribution in [2.75, 3.05) is 46.0 Å². The maximum atomic E-state index is 10.5. The number of β-amino-alcohol motifs (C(OH)–C–C–N with tert-alkyl or cyclic N) is 1. The first kappa shape index (κ1) is 16.7. The normalized spacial score (nSPS) is 23.3. The maximum Gasteiger partial charge on any atom is 0.119 e. The summed E-state index contributed by atoms with van der Waals surface area (Å²) in [5.41, 5.74) is 0.176. The average Bonchev–Trinajstić information content (AvgIpc) is 2.78. The predicted molar refractivity (Wildman–Crippen MR) is 89.8 cm³/mol.